The molecular formula is C22H28N4O4. The van der Waals surface area contributed by atoms with E-state index in [1.807, 2.05) is 42.3 Å². The number of amides is 2. The SMILES string of the molecule is CN1CCOC[C@@H]1C(=O)N[C@H](Cc1ccccc1)c1nc(C(=O)NC2CCC2)co1. The number of likely N-dealkylation sites (N-methyl/N-ethyl adjacent to an activating group) is 1. The lowest BCUT2D eigenvalue weighted by Gasteiger charge is -2.32. The first-order valence-corrected chi connectivity index (χ1v) is 10.5. The monoisotopic (exact) mass is 412 g/mol. The number of oxazole rings is 1. The summed E-state index contributed by atoms with van der Waals surface area (Å²) in [6.07, 6.45) is 5.01. The first-order valence-electron chi connectivity index (χ1n) is 10.5. The predicted molar refractivity (Wildman–Crippen MR) is 110 cm³/mol. The molecule has 30 heavy (non-hydrogen) atoms. The van der Waals surface area contributed by atoms with Crippen LogP contribution in [0.2, 0.25) is 0 Å². The van der Waals surface area contributed by atoms with Crippen LogP contribution in [0.25, 0.3) is 0 Å². The van der Waals surface area contributed by atoms with Crippen molar-refractivity contribution in [3.8, 4) is 0 Å². The fraction of sp³-hybridized carbons (Fsp3) is 0.500. The molecule has 1 saturated carbocycles. The van der Waals surface area contributed by atoms with E-state index < -0.39 is 6.04 Å². The Kier molecular flexibility index (Phi) is 6.44. The van der Waals surface area contributed by atoms with Crippen molar-refractivity contribution in [1.82, 2.24) is 20.5 Å². The van der Waals surface area contributed by atoms with E-state index >= 15 is 0 Å². The summed E-state index contributed by atoms with van der Waals surface area (Å²) in [7, 11) is 1.91. The van der Waals surface area contributed by atoms with Crippen LogP contribution in [0.1, 0.15) is 47.2 Å². The first-order chi connectivity index (χ1) is 14.6. The Morgan fingerprint density at radius 1 is 1.27 bits per heavy atom. The molecule has 8 heteroatoms. The third kappa shape index (κ3) is 4.88. The number of nitrogens with zero attached hydrogens (tertiary/aromatic N) is 2. The van der Waals surface area contributed by atoms with Crippen molar-refractivity contribution in [2.75, 3.05) is 26.8 Å². The second-order valence-electron chi connectivity index (χ2n) is 7.99. The molecule has 2 aromatic rings. The molecule has 2 heterocycles. The molecule has 2 aliphatic rings. The molecule has 1 aromatic carbocycles. The molecule has 0 bridgehead atoms. The van der Waals surface area contributed by atoms with Crippen molar-refractivity contribution >= 4 is 11.8 Å². The summed E-state index contributed by atoms with van der Waals surface area (Å²) in [5, 5.41) is 6.01. The molecule has 2 amide bonds. The zero-order valence-corrected chi connectivity index (χ0v) is 17.2. The third-order valence-electron chi connectivity index (χ3n) is 5.79. The van der Waals surface area contributed by atoms with E-state index in [1.165, 1.54) is 6.26 Å². The maximum atomic E-state index is 12.9. The molecule has 2 fully saturated rings. The van der Waals surface area contributed by atoms with Crippen LogP contribution in [-0.4, -0.2) is 60.6 Å². The number of carbonyl (C=O) groups excluding carboxylic acids is 2. The fourth-order valence-electron chi connectivity index (χ4n) is 3.64. The summed E-state index contributed by atoms with van der Waals surface area (Å²) in [5.74, 6) is -0.0537. The van der Waals surface area contributed by atoms with Gasteiger partial charge in [-0.3, -0.25) is 14.5 Å². The van der Waals surface area contributed by atoms with Crippen molar-refractivity contribution in [2.45, 2.75) is 43.8 Å². The van der Waals surface area contributed by atoms with Gasteiger partial charge < -0.3 is 19.8 Å². The Labute approximate surface area is 176 Å². The average molecular weight is 412 g/mol. The highest BCUT2D eigenvalue weighted by molar-refractivity contribution is 5.92. The van der Waals surface area contributed by atoms with Gasteiger partial charge >= 0.3 is 0 Å². The number of aromatic nitrogens is 1. The van der Waals surface area contributed by atoms with Crippen LogP contribution in [0.15, 0.2) is 41.0 Å². The predicted octanol–water partition coefficient (Wildman–Crippen LogP) is 1.69. The molecule has 0 unspecified atom stereocenters. The van der Waals surface area contributed by atoms with Gasteiger partial charge in [-0.05, 0) is 31.9 Å². The van der Waals surface area contributed by atoms with Crippen LogP contribution in [0.3, 0.4) is 0 Å². The van der Waals surface area contributed by atoms with Gasteiger partial charge in [-0.15, -0.1) is 0 Å². The minimum absolute atomic E-state index is 0.142. The summed E-state index contributed by atoms with van der Waals surface area (Å²) >= 11 is 0. The van der Waals surface area contributed by atoms with Gasteiger partial charge in [-0.1, -0.05) is 30.3 Å². The largest absolute Gasteiger partial charge is 0.446 e. The Bertz CT molecular complexity index is 865. The molecule has 1 aliphatic heterocycles. The van der Waals surface area contributed by atoms with Crippen LogP contribution < -0.4 is 10.6 Å². The third-order valence-corrected chi connectivity index (χ3v) is 5.79. The molecule has 1 aromatic heterocycles. The van der Waals surface area contributed by atoms with E-state index in [0.717, 1.165) is 24.8 Å². The lowest BCUT2D eigenvalue weighted by atomic mass is 9.93. The molecule has 0 radical (unpaired) electrons. The molecule has 160 valence electrons. The number of rotatable bonds is 7. The molecule has 2 atom stereocenters. The van der Waals surface area contributed by atoms with Crippen molar-refractivity contribution in [2.24, 2.45) is 0 Å². The van der Waals surface area contributed by atoms with E-state index in [9.17, 15) is 9.59 Å². The number of hydrogen-bond donors (Lipinski definition) is 2. The van der Waals surface area contributed by atoms with E-state index in [2.05, 4.69) is 15.6 Å². The standard InChI is InChI=1S/C22H28N4O4/c1-26-10-11-29-14-19(26)21(28)24-17(12-15-6-3-2-4-7-15)22-25-18(13-30-22)20(27)23-16-8-5-9-16/h2-4,6-7,13,16-17,19H,5,8-12,14H2,1H3,(H,23,27)(H,24,28)/t17-,19-/m1/s1. The van der Waals surface area contributed by atoms with Crippen molar-refractivity contribution < 1.29 is 18.7 Å². The topological polar surface area (TPSA) is 96.7 Å². The maximum absolute atomic E-state index is 12.9. The highest BCUT2D eigenvalue weighted by Gasteiger charge is 2.31. The number of benzene rings is 1. The van der Waals surface area contributed by atoms with Crippen molar-refractivity contribution in [3.63, 3.8) is 0 Å². The maximum Gasteiger partial charge on any atom is 0.273 e. The normalized spacial score (nSPS) is 20.9. The Balaban J connectivity index is 1.49. The second-order valence-corrected chi connectivity index (χ2v) is 7.99. The quantitative estimate of drug-likeness (QED) is 0.718. The summed E-state index contributed by atoms with van der Waals surface area (Å²) in [4.78, 5) is 31.7. The van der Waals surface area contributed by atoms with E-state index in [-0.39, 0.29) is 29.6 Å². The van der Waals surface area contributed by atoms with Crippen LogP contribution in [0.4, 0.5) is 0 Å². The van der Waals surface area contributed by atoms with Gasteiger partial charge in [-0.2, -0.15) is 0 Å². The molecule has 2 N–H and O–H groups in total. The van der Waals surface area contributed by atoms with Gasteiger partial charge in [0.2, 0.25) is 11.8 Å². The van der Waals surface area contributed by atoms with Gasteiger partial charge in [0, 0.05) is 19.0 Å². The lowest BCUT2D eigenvalue weighted by Crippen LogP contribution is -2.52. The fourth-order valence-corrected chi connectivity index (χ4v) is 3.64. The Hall–Kier alpha value is -2.71. The number of carbonyl (C=O) groups is 2. The zero-order chi connectivity index (χ0) is 20.9. The minimum Gasteiger partial charge on any atom is -0.446 e. The van der Waals surface area contributed by atoms with Crippen LogP contribution in [-0.2, 0) is 16.0 Å². The number of morpholine rings is 1. The van der Waals surface area contributed by atoms with E-state index in [4.69, 9.17) is 9.15 Å². The van der Waals surface area contributed by atoms with Crippen LogP contribution >= 0.6 is 0 Å². The summed E-state index contributed by atoms with van der Waals surface area (Å²) in [6.45, 7) is 1.67. The van der Waals surface area contributed by atoms with E-state index in [1.54, 1.807) is 0 Å². The van der Waals surface area contributed by atoms with Gasteiger partial charge in [0.1, 0.15) is 18.3 Å². The smallest absolute Gasteiger partial charge is 0.273 e. The molecule has 1 saturated heterocycles. The first kappa shape index (κ1) is 20.6. The lowest BCUT2D eigenvalue weighted by molar-refractivity contribution is -0.132. The van der Waals surface area contributed by atoms with Crippen molar-refractivity contribution in [1.29, 1.82) is 0 Å². The molecule has 4 rings (SSSR count). The molecule has 1 aliphatic carbocycles. The number of ether oxygens (including phenoxy) is 1. The summed E-state index contributed by atoms with van der Waals surface area (Å²) in [6, 6.07) is 9.19. The van der Waals surface area contributed by atoms with Gasteiger partial charge in [-0.25, -0.2) is 4.98 Å². The molecular weight excluding hydrogens is 384 g/mol. The Morgan fingerprint density at radius 2 is 2.07 bits per heavy atom. The van der Waals surface area contributed by atoms with Gasteiger partial charge in [0.25, 0.3) is 5.91 Å². The number of hydrogen-bond acceptors (Lipinski definition) is 6. The minimum atomic E-state index is -0.486. The highest BCUT2D eigenvalue weighted by Crippen LogP contribution is 2.21. The van der Waals surface area contributed by atoms with Crippen LogP contribution in [0.5, 0.6) is 0 Å². The van der Waals surface area contributed by atoms with Crippen LogP contribution in [0, 0.1) is 0 Å². The van der Waals surface area contributed by atoms with E-state index in [0.29, 0.717) is 32.1 Å². The molecule has 8 nitrogen and oxygen atoms in total. The average Bonchev–Trinajstić information content (AvgIpc) is 3.21. The highest BCUT2D eigenvalue weighted by atomic mass is 16.5. The van der Waals surface area contributed by atoms with Gasteiger partial charge in [0.05, 0.1) is 13.2 Å². The number of nitrogens with one attached hydrogen (secondary N) is 2. The Morgan fingerprint density at radius 3 is 2.77 bits per heavy atom. The second kappa shape index (κ2) is 9.40. The van der Waals surface area contributed by atoms with Gasteiger partial charge in [0.15, 0.2) is 5.69 Å². The summed E-state index contributed by atoms with van der Waals surface area (Å²) < 4.78 is 11.1. The summed E-state index contributed by atoms with van der Waals surface area (Å²) in [5.41, 5.74) is 1.28. The zero-order valence-electron chi connectivity index (χ0n) is 17.2. The van der Waals surface area contributed by atoms with Crippen molar-refractivity contribution in [3.05, 3.63) is 53.7 Å². The molecule has 0 spiro atoms.